The van der Waals surface area contributed by atoms with Crippen molar-refractivity contribution in [2.75, 3.05) is 0 Å². The number of para-hydroxylation sites is 2. The number of hydrogen-bond acceptors (Lipinski definition) is 2. The van der Waals surface area contributed by atoms with E-state index in [0.717, 1.165) is 23.0 Å². The van der Waals surface area contributed by atoms with E-state index >= 15 is 0 Å². The molecule has 0 aliphatic heterocycles. The van der Waals surface area contributed by atoms with E-state index in [2.05, 4.69) is 107 Å². The summed E-state index contributed by atoms with van der Waals surface area (Å²) in [4.78, 5) is 0. The zero-order valence-corrected chi connectivity index (χ0v) is 24.0. The molecule has 5 aromatic carbocycles. The van der Waals surface area contributed by atoms with Crippen molar-refractivity contribution >= 4 is 71.6 Å². The van der Waals surface area contributed by atoms with Gasteiger partial charge in [0.05, 0.1) is 22.1 Å². The summed E-state index contributed by atoms with van der Waals surface area (Å²) in [6, 6.07) is 36.3. The third-order valence-corrected chi connectivity index (χ3v) is 8.78. The summed E-state index contributed by atoms with van der Waals surface area (Å²) in [5.41, 5.74) is 20.7. The molecule has 1 aliphatic rings. The van der Waals surface area contributed by atoms with Gasteiger partial charge in [-0.25, -0.2) is 0 Å². The van der Waals surface area contributed by atoms with Crippen LogP contribution in [0.5, 0.6) is 0 Å². The first-order chi connectivity index (χ1) is 21.1. The van der Waals surface area contributed by atoms with E-state index in [1.807, 2.05) is 42.5 Å². The minimum absolute atomic E-state index is 0.513. The van der Waals surface area contributed by atoms with Crippen molar-refractivity contribution in [1.29, 1.82) is 0 Å². The number of fused-ring (bicyclic) bond motifs is 9. The van der Waals surface area contributed by atoms with Crippen molar-refractivity contribution in [3.63, 3.8) is 0 Å². The topological polar surface area (TPSA) is 61.9 Å². The lowest BCUT2D eigenvalue weighted by Crippen LogP contribution is -2.06. The highest BCUT2D eigenvalue weighted by atomic mass is 15.1. The Morgan fingerprint density at radius 1 is 0.651 bits per heavy atom. The lowest BCUT2D eigenvalue weighted by Gasteiger charge is -2.16. The van der Waals surface area contributed by atoms with Crippen molar-refractivity contribution in [3.05, 3.63) is 139 Å². The molecule has 0 bridgehead atoms. The molecule has 0 saturated carbocycles. The highest BCUT2D eigenvalue weighted by Gasteiger charge is 2.20. The largest absolute Gasteiger partial charge is 0.398 e. The Kier molecular flexibility index (Phi) is 5.76. The Morgan fingerprint density at radius 3 is 2.02 bits per heavy atom. The standard InChI is InChI=1S/C39H32N4/c1-25-10-9-13-27(24-25)42-33-16-7-5-14-30(33)38-28-19-22-36-39(29(28)18-21-35(38)42)31-15-6-8-17-34(31)43(36)37(41)23-20-32(40)26-11-3-2-4-12-26/h2-9,11-25H,10,40-41H2,1H3/b32-20-,37-23+. The molecule has 0 spiro atoms. The van der Waals surface area contributed by atoms with Crippen LogP contribution in [0.25, 0.3) is 71.6 Å². The molecule has 2 aromatic heterocycles. The highest BCUT2D eigenvalue weighted by Crippen LogP contribution is 2.42. The van der Waals surface area contributed by atoms with Crippen molar-refractivity contribution in [3.8, 4) is 0 Å². The van der Waals surface area contributed by atoms with Gasteiger partial charge in [0.25, 0.3) is 0 Å². The molecule has 7 aromatic rings. The maximum absolute atomic E-state index is 6.81. The fourth-order valence-electron chi connectivity index (χ4n) is 6.84. The maximum atomic E-state index is 6.81. The smallest absolute Gasteiger partial charge is 0.108 e. The van der Waals surface area contributed by atoms with Gasteiger partial charge in [0.2, 0.25) is 0 Å². The average molecular weight is 557 g/mol. The van der Waals surface area contributed by atoms with Gasteiger partial charge < -0.3 is 16.0 Å². The second-order valence-electron chi connectivity index (χ2n) is 11.5. The summed E-state index contributed by atoms with van der Waals surface area (Å²) in [5, 5.41) is 7.38. The van der Waals surface area contributed by atoms with Gasteiger partial charge >= 0.3 is 0 Å². The first kappa shape index (κ1) is 25.2. The molecule has 4 nitrogen and oxygen atoms in total. The van der Waals surface area contributed by atoms with Crippen LogP contribution in [-0.2, 0) is 0 Å². The zero-order valence-electron chi connectivity index (χ0n) is 24.0. The first-order valence-corrected chi connectivity index (χ1v) is 14.9. The van der Waals surface area contributed by atoms with Gasteiger partial charge in [-0.05, 0) is 71.2 Å². The fourth-order valence-corrected chi connectivity index (χ4v) is 6.84. The number of nitrogens with two attached hydrogens (primary N) is 2. The van der Waals surface area contributed by atoms with E-state index in [1.165, 1.54) is 49.0 Å². The molecular weight excluding hydrogens is 524 g/mol. The van der Waals surface area contributed by atoms with Crippen molar-refractivity contribution in [2.24, 2.45) is 17.4 Å². The number of aromatic nitrogens is 2. The van der Waals surface area contributed by atoms with Gasteiger partial charge in [-0.2, -0.15) is 0 Å². The van der Waals surface area contributed by atoms with Crippen LogP contribution in [0.1, 0.15) is 18.9 Å². The summed E-state index contributed by atoms with van der Waals surface area (Å²) in [6.07, 6.45) is 11.8. The predicted octanol–water partition coefficient (Wildman–Crippen LogP) is 9.25. The number of rotatable bonds is 4. The van der Waals surface area contributed by atoms with Gasteiger partial charge in [-0.3, -0.25) is 4.57 Å². The molecule has 1 atom stereocenters. The molecule has 1 unspecified atom stereocenters. The fraction of sp³-hybridized carbons (Fsp3) is 0.0769. The molecule has 43 heavy (non-hydrogen) atoms. The summed E-state index contributed by atoms with van der Waals surface area (Å²) in [6.45, 7) is 2.28. The van der Waals surface area contributed by atoms with Crippen LogP contribution in [0, 0.1) is 5.92 Å². The number of benzene rings is 5. The maximum Gasteiger partial charge on any atom is 0.108 e. The summed E-state index contributed by atoms with van der Waals surface area (Å²) >= 11 is 0. The van der Waals surface area contributed by atoms with E-state index in [9.17, 15) is 0 Å². The Bertz CT molecular complexity index is 2340. The van der Waals surface area contributed by atoms with Gasteiger partial charge in [0.1, 0.15) is 5.82 Å². The second-order valence-corrected chi connectivity index (χ2v) is 11.5. The van der Waals surface area contributed by atoms with Crippen LogP contribution in [0.3, 0.4) is 0 Å². The third-order valence-electron chi connectivity index (χ3n) is 8.78. The van der Waals surface area contributed by atoms with Crippen LogP contribution in [0.2, 0.25) is 0 Å². The van der Waals surface area contributed by atoms with Gasteiger partial charge in [0, 0.05) is 32.9 Å². The Balaban J connectivity index is 1.40. The van der Waals surface area contributed by atoms with Crippen LogP contribution in [0.15, 0.2) is 134 Å². The number of nitrogens with zero attached hydrogens (tertiary/aromatic N) is 2. The average Bonchev–Trinajstić information content (AvgIpc) is 3.57. The van der Waals surface area contributed by atoms with Crippen molar-refractivity contribution < 1.29 is 0 Å². The monoisotopic (exact) mass is 556 g/mol. The van der Waals surface area contributed by atoms with E-state index in [1.54, 1.807) is 0 Å². The van der Waals surface area contributed by atoms with Crippen LogP contribution in [-0.4, -0.2) is 9.13 Å². The third kappa shape index (κ3) is 3.91. The van der Waals surface area contributed by atoms with Gasteiger partial charge in [-0.15, -0.1) is 0 Å². The lowest BCUT2D eigenvalue weighted by atomic mass is 9.99. The minimum atomic E-state index is 0.513. The van der Waals surface area contributed by atoms with Crippen molar-refractivity contribution in [2.45, 2.75) is 13.3 Å². The van der Waals surface area contributed by atoms with Gasteiger partial charge in [0.15, 0.2) is 0 Å². The first-order valence-electron chi connectivity index (χ1n) is 14.9. The lowest BCUT2D eigenvalue weighted by molar-refractivity contribution is 0.735. The summed E-state index contributed by atoms with van der Waals surface area (Å²) in [7, 11) is 0. The predicted molar refractivity (Wildman–Crippen MR) is 184 cm³/mol. The molecule has 4 heteroatoms. The Hall–Kier alpha value is -5.48. The van der Waals surface area contributed by atoms with E-state index in [0.29, 0.717) is 17.4 Å². The Morgan fingerprint density at radius 2 is 1.28 bits per heavy atom. The van der Waals surface area contributed by atoms with Gasteiger partial charge in [-0.1, -0.05) is 97.9 Å². The molecule has 4 N–H and O–H groups in total. The minimum Gasteiger partial charge on any atom is -0.398 e. The van der Waals surface area contributed by atoms with Crippen LogP contribution >= 0.6 is 0 Å². The zero-order chi connectivity index (χ0) is 29.1. The van der Waals surface area contributed by atoms with E-state index in [4.69, 9.17) is 11.5 Å². The van der Waals surface area contributed by atoms with E-state index < -0.39 is 0 Å². The molecule has 0 radical (unpaired) electrons. The van der Waals surface area contributed by atoms with E-state index in [-0.39, 0.29) is 0 Å². The molecule has 208 valence electrons. The Labute approximate surface area is 250 Å². The van der Waals surface area contributed by atoms with Crippen LogP contribution in [0.4, 0.5) is 0 Å². The SMILES string of the molecule is CC1C=C(n2c3ccccc3c3c4ccc5c(c4ccc32)c2ccccc2n5/C(N)=C/C=C(\N)c2ccccc2)C=CC1. The molecule has 1 aliphatic carbocycles. The molecule has 8 rings (SSSR count). The highest BCUT2D eigenvalue weighted by molar-refractivity contribution is 6.29. The number of hydrogen-bond donors (Lipinski definition) is 2. The molecular formula is C39H32N4. The van der Waals surface area contributed by atoms with Crippen molar-refractivity contribution in [1.82, 2.24) is 9.13 Å². The normalized spacial score (nSPS) is 16.2. The summed E-state index contributed by atoms with van der Waals surface area (Å²) < 4.78 is 4.57. The number of allylic oxidation sites excluding steroid dienone is 6. The second kappa shape index (κ2) is 9.81. The molecule has 2 heterocycles. The molecule has 0 saturated heterocycles. The van der Waals surface area contributed by atoms with Crippen LogP contribution < -0.4 is 11.5 Å². The molecule has 0 fully saturated rings. The molecule has 0 amide bonds. The quantitative estimate of drug-likeness (QED) is 0.212. The summed E-state index contributed by atoms with van der Waals surface area (Å²) in [5.74, 6) is 1.13.